The van der Waals surface area contributed by atoms with Crippen LogP contribution in [0.15, 0.2) is 12.2 Å². The summed E-state index contributed by atoms with van der Waals surface area (Å²) in [5, 5.41) is 9.26. The minimum atomic E-state index is -0.560. The molecule has 5 fully saturated rings. The number of fused-ring (bicyclic) bond motifs is 7. The zero-order chi connectivity index (χ0) is 40.3. The van der Waals surface area contributed by atoms with E-state index in [2.05, 4.69) is 48.1 Å². The van der Waals surface area contributed by atoms with E-state index in [9.17, 15) is 24.3 Å². The predicted octanol–water partition coefficient (Wildman–Crippen LogP) is 9.45. The van der Waals surface area contributed by atoms with Gasteiger partial charge in [0.1, 0.15) is 12.7 Å². The van der Waals surface area contributed by atoms with Crippen molar-refractivity contribution in [3.63, 3.8) is 0 Å². The first kappa shape index (κ1) is 42.9. The van der Waals surface area contributed by atoms with E-state index in [0.717, 1.165) is 51.4 Å². The van der Waals surface area contributed by atoms with Crippen LogP contribution >= 0.6 is 0 Å². The van der Waals surface area contributed by atoms with Crippen molar-refractivity contribution in [1.82, 2.24) is 0 Å². The molecule has 0 heterocycles. The molecule has 8 nitrogen and oxygen atoms in total. The Hall–Kier alpha value is -2.22. The molecule has 0 aromatic rings. The molecule has 0 bridgehead atoms. The molecule has 5 saturated carbocycles. The summed E-state index contributed by atoms with van der Waals surface area (Å²) in [4.78, 5) is 50.6. The van der Waals surface area contributed by atoms with E-state index in [4.69, 9.17) is 14.2 Å². The summed E-state index contributed by atoms with van der Waals surface area (Å²) in [6.45, 7) is 26.8. The quantitative estimate of drug-likeness (QED) is 0.112. The van der Waals surface area contributed by atoms with E-state index in [-0.39, 0.29) is 82.6 Å². The van der Waals surface area contributed by atoms with Gasteiger partial charge in [0.25, 0.3) is 0 Å². The first-order valence-electron chi connectivity index (χ1n) is 21.1. The van der Waals surface area contributed by atoms with Gasteiger partial charge in [0, 0.05) is 17.3 Å². The third-order valence-corrected chi connectivity index (χ3v) is 16.9. The number of hydrogen-bond donors (Lipinski definition) is 1. The van der Waals surface area contributed by atoms with Crippen molar-refractivity contribution in [3.8, 4) is 0 Å². The molecule has 0 aliphatic heterocycles. The molecular weight excluding hydrogens is 680 g/mol. The molecule has 5 rings (SSSR count). The molecule has 0 amide bonds. The van der Waals surface area contributed by atoms with Crippen LogP contribution in [0.5, 0.6) is 0 Å². The molecule has 0 saturated heterocycles. The third-order valence-electron chi connectivity index (χ3n) is 16.9. The molecule has 0 unspecified atom stereocenters. The fourth-order valence-corrected chi connectivity index (χ4v) is 14.2. The maximum Gasteiger partial charge on any atom is 0.306 e. The fourth-order valence-electron chi connectivity index (χ4n) is 14.2. The lowest BCUT2D eigenvalue weighted by molar-refractivity contribution is -0.252. The highest BCUT2D eigenvalue weighted by molar-refractivity contribution is 5.81. The van der Waals surface area contributed by atoms with Gasteiger partial charge in [0.2, 0.25) is 0 Å². The van der Waals surface area contributed by atoms with Gasteiger partial charge in [0.15, 0.2) is 5.78 Å². The number of carbonyl (C=O) groups excluding carboxylic acids is 4. The standard InChI is InChI=1S/C46H74O8/c1-29(2)31-15-20-46(28-53-37(50)25-41(5,6)24-36(49)52-12)22-21-44(10)32(39(31)46)13-14-34-43(9)18-17-35(42(7,8)33(43)16-19-45(34,44)11)54-38(51)26-40(3,4)23-30(48)27-47/h31-35,39,47H,1,13-28H2,2-12H3/t31-,32+,33-,34+,35-,39+,43-,44+,45+,46+/m0/s1. The highest BCUT2D eigenvalue weighted by Crippen LogP contribution is 2.77. The summed E-state index contributed by atoms with van der Waals surface area (Å²) in [5.41, 5.74) is 0.377. The monoisotopic (exact) mass is 755 g/mol. The number of allylic oxidation sites excluding steroid dienone is 1. The van der Waals surface area contributed by atoms with E-state index in [1.807, 2.05) is 27.7 Å². The molecule has 5 aliphatic rings. The molecule has 5 aliphatic carbocycles. The van der Waals surface area contributed by atoms with Gasteiger partial charge < -0.3 is 19.3 Å². The Bertz CT molecular complexity index is 1480. The van der Waals surface area contributed by atoms with Crippen LogP contribution in [0.3, 0.4) is 0 Å². The van der Waals surface area contributed by atoms with E-state index < -0.39 is 17.4 Å². The van der Waals surface area contributed by atoms with Crippen LogP contribution in [-0.4, -0.2) is 55.2 Å². The normalized spacial score (nSPS) is 38.5. The minimum absolute atomic E-state index is 0.0515. The van der Waals surface area contributed by atoms with Crippen molar-refractivity contribution in [2.24, 2.45) is 67.5 Å². The molecule has 54 heavy (non-hydrogen) atoms. The SMILES string of the molecule is C=C(C)[C@@H]1CC[C@]2(COC(=O)CC(C)(C)CC(=O)OC)CC[C@]3(C)[C@H](CC[C@@H]4[C@@]5(C)CC[C@H](OC(=O)CC(C)(C)CC(=O)CO)C(C)(C)[C@@H]5CC[C@]43C)[C@@H]12. The average molecular weight is 755 g/mol. The van der Waals surface area contributed by atoms with E-state index in [1.165, 1.54) is 25.5 Å². The first-order chi connectivity index (χ1) is 24.9. The first-order valence-corrected chi connectivity index (χ1v) is 21.1. The lowest BCUT2D eigenvalue weighted by Crippen LogP contribution is -2.67. The van der Waals surface area contributed by atoms with Crippen molar-refractivity contribution in [2.45, 2.75) is 165 Å². The number of hydrogen-bond acceptors (Lipinski definition) is 8. The Morgan fingerprint density at radius 3 is 1.98 bits per heavy atom. The summed E-state index contributed by atoms with van der Waals surface area (Å²) in [5.74, 6) is 1.34. The van der Waals surface area contributed by atoms with Crippen LogP contribution < -0.4 is 0 Å². The van der Waals surface area contributed by atoms with Gasteiger partial charge in [0.05, 0.1) is 33.0 Å². The topological polar surface area (TPSA) is 116 Å². The van der Waals surface area contributed by atoms with Crippen molar-refractivity contribution in [1.29, 1.82) is 0 Å². The largest absolute Gasteiger partial charge is 0.469 e. The van der Waals surface area contributed by atoms with Gasteiger partial charge in [-0.25, -0.2) is 0 Å². The minimum Gasteiger partial charge on any atom is -0.469 e. The van der Waals surface area contributed by atoms with Crippen molar-refractivity contribution in [3.05, 3.63) is 12.2 Å². The highest BCUT2D eigenvalue weighted by atomic mass is 16.5. The van der Waals surface area contributed by atoms with Crippen LogP contribution in [0, 0.1) is 67.5 Å². The van der Waals surface area contributed by atoms with Gasteiger partial charge in [-0.3, -0.25) is 19.2 Å². The number of ether oxygens (including phenoxy) is 3. The fraction of sp³-hybridized carbons (Fsp3) is 0.870. The van der Waals surface area contributed by atoms with Crippen LogP contribution in [0.2, 0.25) is 0 Å². The van der Waals surface area contributed by atoms with Gasteiger partial charge >= 0.3 is 17.9 Å². The Labute approximate surface area is 326 Å². The number of carbonyl (C=O) groups is 4. The summed E-state index contributed by atoms with van der Waals surface area (Å²) in [6, 6.07) is 0. The van der Waals surface area contributed by atoms with E-state index >= 15 is 0 Å². The van der Waals surface area contributed by atoms with Crippen LogP contribution in [0.4, 0.5) is 0 Å². The Morgan fingerprint density at radius 2 is 1.35 bits per heavy atom. The molecular formula is C46H74O8. The lowest BCUT2D eigenvalue weighted by Gasteiger charge is -2.73. The summed E-state index contributed by atoms with van der Waals surface area (Å²) in [7, 11) is 1.38. The zero-order valence-electron chi connectivity index (χ0n) is 35.8. The Morgan fingerprint density at radius 1 is 0.722 bits per heavy atom. The number of esters is 3. The van der Waals surface area contributed by atoms with Crippen molar-refractivity contribution >= 4 is 23.7 Å². The number of rotatable bonds is 13. The molecule has 10 atom stereocenters. The smallest absolute Gasteiger partial charge is 0.306 e. The van der Waals surface area contributed by atoms with Gasteiger partial charge in [-0.05, 0) is 128 Å². The van der Waals surface area contributed by atoms with Crippen LogP contribution in [0.25, 0.3) is 0 Å². The summed E-state index contributed by atoms with van der Waals surface area (Å²) >= 11 is 0. The second-order valence-electron chi connectivity index (χ2n) is 21.9. The van der Waals surface area contributed by atoms with Gasteiger partial charge in [-0.15, -0.1) is 0 Å². The second-order valence-corrected chi connectivity index (χ2v) is 21.9. The lowest BCUT2D eigenvalue weighted by atomic mass is 9.32. The molecule has 0 spiro atoms. The average Bonchev–Trinajstić information content (AvgIpc) is 3.44. The van der Waals surface area contributed by atoms with Gasteiger partial charge in [-0.1, -0.05) is 74.5 Å². The molecule has 0 radical (unpaired) electrons. The van der Waals surface area contributed by atoms with Crippen LogP contribution in [-0.2, 0) is 33.4 Å². The maximum absolute atomic E-state index is 13.3. The molecule has 0 aromatic heterocycles. The Kier molecular flexibility index (Phi) is 11.9. The molecule has 8 heteroatoms. The van der Waals surface area contributed by atoms with Crippen molar-refractivity contribution in [2.75, 3.05) is 20.3 Å². The maximum atomic E-state index is 13.3. The van der Waals surface area contributed by atoms with Gasteiger partial charge in [-0.2, -0.15) is 0 Å². The number of Topliss-reactive ketones (excluding diaryl/α,β-unsaturated/α-hetero) is 1. The Balaban J connectivity index is 1.34. The van der Waals surface area contributed by atoms with E-state index in [1.54, 1.807) is 0 Å². The number of aliphatic hydroxyl groups is 1. The highest BCUT2D eigenvalue weighted by Gasteiger charge is 2.71. The summed E-state index contributed by atoms with van der Waals surface area (Å²) in [6.07, 6.45) is 11.4. The molecule has 0 aromatic carbocycles. The summed E-state index contributed by atoms with van der Waals surface area (Å²) < 4.78 is 17.4. The number of aliphatic hydroxyl groups excluding tert-OH is 1. The van der Waals surface area contributed by atoms with E-state index in [0.29, 0.717) is 36.2 Å². The number of ketones is 1. The van der Waals surface area contributed by atoms with Crippen molar-refractivity contribution < 1.29 is 38.5 Å². The zero-order valence-corrected chi connectivity index (χ0v) is 35.8. The van der Waals surface area contributed by atoms with Crippen LogP contribution in [0.1, 0.15) is 159 Å². The number of methoxy groups -OCH3 is 1. The predicted molar refractivity (Wildman–Crippen MR) is 210 cm³/mol. The third kappa shape index (κ3) is 7.61. The second kappa shape index (κ2) is 14.9. The molecule has 1 N–H and O–H groups in total. The molecule has 306 valence electrons.